The Hall–Kier alpha value is -1.29. The zero-order valence-corrected chi connectivity index (χ0v) is 9.82. The minimum absolute atomic E-state index is 0.202. The maximum atomic E-state index is 11.3. The number of nitrogens with one attached hydrogen (secondary N) is 1. The van der Waals surface area contributed by atoms with Crippen LogP contribution in [0.2, 0.25) is 0 Å². The number of esters is 1. The predicted octanol–water partition coefficient (Wildman–Crippen LogP) is 1.98. The minimum Gasteiger partial charge on any atom is -0.463 e. The third-order valence-corrected chi connectivity index (χ3v) is 3.23. The summed E-state index contributed by atoms with van der Waals surface area (Å²) < 4.78 is 10.1. The van der Waals surface area contributed by atoms with Gasteiger partial charge in [-0.05, 0) is 37.4 Å². The van der Waals surface area contributed by atoms with Gasteiger partial charge in [-0.1, -0.05) is 6.92 Å². The number of carbonyl (C=O) groups excluding carboxylic acids is 1. The molecule has 1 N–H and O–H groups in total. The van der Waals surface area contributed by atoms with Crippen molar-refractivity contribution in [2.24, 2.45) is 11.8 Å². The lowest BCUT2D eigenvalue weighted by atomic mass is 10.1. The maximum Gasteiger partial charge on any atom is 0.373 e. The Morgan fingerprint density at radius 2 is 2.31 bits per heavy atom. The fourth-order valence-electron chi connectivity index (χ4n) is 2.11. The Balaban J connectivity index is 2.13. The quantitative estimate of drug-likeness (QED) is 0.793. The normalized spacial score (nSPS) is 25.2. The number of methoxy groups -OCH3 is 1. The molecule has 1 saturated carbocycles. The summed E-state index contributed by atoms with van der Waals surface area (Å²) in [6.45, 7) is 2.22. The molecule has 1 aromatic heterocycles. The van der Waals surface area contributed by atoms with Crippen molar-refractivity contribution in [2.45, 2.75) is 19.4 Å². The van der Waals surface area contributed by atoms with Gasteiger partial charge >= 0.3 is 5.97 Å². The van der Waals surface area contributed by atoms with Crippen LogP contribution in [-0.2, 0) is 4.74 Å². The first-order valence-electron chi connectivity index (χ1n) is 5.52. The molecule has 4 nitrogen and oxygen atoms in total. The van der Waals surface area contributed by atoms with E-state index in [1.165, 1.54) is 13.5 Å². The number of rotatable bonds is 4. The molecule has 1 fully saturated rings. The van der Waals surface area contributed by atoms with Crippen molar-refractivity contribution in [3.8, 4) is 0 Å². The zero-order chi connectivity index (χ0) is 11.7. The smallest absolute Gasteiger partial charge is 0.373 e. The summed E-state index contributed by atoms with van der Waals surface area (Å²) in [4.78, 5) is 11.3. The van der Waals surface area contributed by atoms with Crippen LogP contribution in [0, 0.1) is 11.8 Å². The fourth-order valence-corrected chi connectivity index (χ4v) is 2.11. The topological polar surface area (TPSA) is 51.5 Å². The van der Waals surface area contributed by atoms with Crippen molar-refractivity contribution in [3.63, 3.8) is 0 Å². The highest BCUT2D eigenvalue weighted by atomic mass is 16.5. The van der Waals surface area contributed by atoms with E-state index in [1.54, 1.807) is 6.07 Å². The molecule has 0 radical (unpaired) electrons. The van der Waals surface area contributed by atoms with Gasteiger partial charge in [-0.2, -0.15) is 0 Å². The Morgan fingerprint density at radius 3 is 2.81 bits per heavy atom. The first-order chi connectivity index (χ1) is 7.67. The maximum absolute atomic E-state index is 11.3. The molecule has 0 aromatic carbocycles. The molecule has 0 spiro atoms. The van der Waals surface area contributed by atoms with Crippen molar-refractivity contribution in [2.75, 3.05) is 14.2 Å². The Bertz CT molecular complexity index is 385. The van der Waals surface area contributed by atoms with Crippen LogP contribution in [0.1, 0.15) is 35.7 Å². The number of ether oxygens (including phenoxy) is 1. The molecule has 1 heterocycles. The van der Waals surface area contributed by atoms with E-state index in [2.05, 4.69) is 17.0 Å². The van der Waals surface area contributed by atoms with Gasteiger partial charge in [0.15, 0.2) is 0 Å². The molecule has 1 aromatic rings. The molecule has 1 aliphatic carbocycles. The molecule has 0 bridgehead atoms. The van der Waals surface area contributed by atoms with Crippen LogP contribution in [0.4, 0.5) is 0 Å². The van der Waals surface area contributed by atoms with E-state index in [0.717, 1.165) is 11.7 Å². The van der Waals surface area contributed by atoms with Crippen LogP contribution in [0.3, 0.4) is 0 Å². The number of carbonyl (C=O) groups is 1. The monoisotopic (exact) mass is 223 g/mol. The lowest BCUT2D eigenvalue weighted by Gasteiger charge is -2.12. The summed E-state index contributed by atoms with van der Waals surface area (Å²) in [6, 6.07) is 3.71. The van der Waals surface area contributed by atoms with Crippen molar-refractivity contribution < 1.29 is 13.9 Å². The van der Waals surface area contributed by atoms with E-state index in [9.17, 15) is 4.79 Å². The van der Waals surface area contributed by atoms with Crippen LogP contribution in [-0.4, -0.2) is 20.1 Å². The largest absolute Gasteiger partial charge is 0.463 e. The molecular weight excluding hydrogens is 206 g/mol. The number of hydrogen-bond acceptors (Lipinski definition) is 4. The van der Waals surface area contributed by atoms with Gasteiger partial charge in [0, 0.05) is 0 Å². The highest BCUT2D eigenvalue weighted by Crippen LogP contribution is 2.47. The van der Waals surface area contributed by atoms with Crippen molar-refractivity contribution in [1.29, 1.82) is 0 Å². The predicted molar refractivity (Wildman–Crippen MR) is 59.1 cm³/mol. The Morgan fingerprint density at radius 1 is 1.62 bits per heavy atom. The summed E-state index contributed by atoms with van der Waals surface area (Å²) in [7, 11) is 3.26. The molecule has 4 heteroatoms. The zero-order valence-electron chi connectivity index (χ0n) is 9.82. The van der Waals surface area contributed by atoms with Crippen LogP contribution in [0.15, 0.2) is 16.5 Å². The van der Waals surface area contributed by atoms with Crippen LogP contribution in [0.25, 0.3) is 0 Å². The van der Waals surface area contributed by atoms with E-state index in [-0.39, 0.29) is 11.8 Å². The number of hydrogen-bond donors (Lipinski definition) is 1. The first-order valence-corrected chi connectivity index (χ1v) is 5.52. The molecule has 1 aliphatic rings. The summed E-state index contributed by atoms with van der Waals surface area (Å²) >= 11 is 0. The molecule has 0 aliphatic heterocycles. The first kappa shape index (κ1) is 11.2. The van der Waals surface area contributed by atoms with Gasteiger partial charge in [0.1, 0.15) is 5.76 Å². The highest BCUT2D eigenvalue weighted by Gasteiger charge is 2.41. The Labute approximate surface area is 95.0 Å². The summed E-state index contributed by atoms with van der Waals surface area (Å²) in [5.41, 5.74) is 0. The highest BCUT2D eigenvalue weighted by molar-refractivity contribution is 5.86. The minimum atomic E-state index is -0.426. The molecule has 2 rings (SSSR count). The average molecular weight is 223 g/mol. The van der Waals surface area contributed by atoms with E-state index < -0.39 is 5.97 Å². The van der Waals surface area contributed by atoms with E-state index in [4.69, 9.17) is 4.42 Å². The average Bonchev–Trinajstić information content (AvgIpc) is 2.83. The van der Waals surface area contributed by atoms with Crippen LogP contribution >= 0.6 is 0 Å². The van der Waals surface area contributed by atoms with Gasteiger partial charge in [0.25, 0.3) is 0 Å². The van der Waals surface area contributed by atoms with Gasteiger partial charge in [-0.3, -0.25) is 0 Å². The second-order valence-electron chi connectivity index (χ2n) is 4.34. The second-order valence-corrected chi connectivity index (χ2v) is 4.34. The molecule has 0 saturated heterocycles. The SMILES string of the molecule is CNC(c1ccc(C(=O)OC)o1)C1CC1C. The third-order valence-electron chi connectivity index (χ3n) is 3.23. The van der Waals surface area contributed by atoms with Gasteiger partial charge in [0.2, 0.25) is 5.76 Å². The fraction of sp³-hybridized carbons (Fsp3) is 0.583. The van der Waals surface area contributed by atoms with Crippen LogP contribution in [0.5, 0.6) is 0 Å². The summed E-state index contributed by atoms with van der Waals surface area (Å²) in [5, 5.41) is 3.24. The lowest BCUT2D eigenvalue weighted by molar-refractivity contribution is 0.0561. The van der Waals surface area contributed by atoms with Gasteiger partial charge < -0.3 is 14.5 Å². The third kappa shape index (κ3) is 1.97. The van der Waals surface area contributed by atoms with Crippen LogP contribution < -0.4 is 5.32 Å². The van der Waals surface area contributed by atoms with Gasteiger partial charge in [-0.25, -0.2) is 4.79 Å². The van der Waals surface area contributed by atoms with Gasteiger partial charge in [-0.15, -0.1) is 0 Å². The van der Waals surface area contributed by atoms with Crippen molar-refractivity contribution >= 4 is 5.97 Å². The molecule has 3 unspecified atom stereocenters. The molecule has 88 valence electrons. The number of furan rings is 1. The van der Waals surface area contributed by atoms with Gasteiger partial charge in [0.05, 0.1) is 13.2 Å². The molecule has 16 heavy (non-hydrogen) atoms. The Kier molecular flexibility index (Phi) is 3.01. The second kappa shape index (κ2) is 4.29. The van der Waals surface area contributed by atoms with Crippen molar-refractivity contribution in [1.82, 2.24) is 5.32 Å². The van der Waals surface area contributed by atoms with E-state index >= 15 is 0 Å². The standard InChI is InChI=1S/C12H17NO3/c1-7-6-8(7)11(13-2)9-4-5-10(16-9)12(14)15-3/h4-5,7-8,11,13H,6H2,1-3H3. The molecule has 3 atom stereocenters. The summed E-state index contributed by atoms with van der Waals surface area (Å²) in [6.07, 6.45) is 1.21. The van der Waals surface area contributed by atoms with E-state index in [1.807, 2.05) is 13.1 Å². The molecular formula is C12H17NO3. The van der Waals surface area contributed by atoms with E-state index in [0.29, 0.717) is 5.92 Å². The molecule has 0 amide bonds. The summed E-state index contributed by atoms with van der Waals surface area (Å²) in [5.74, 6) is 2.00. The van der Waals surface area contributed by atoms with Crippen molar-refractivity contribution in [3.05, 3.63) is 23.7 Å². The lowest BCUT2D eigenvalue weighted by Crippen LogP contribution is -2.18.